The van der Waals surface area contributed by atoms with Gasteiger partial charge in [-0.1, -0.05) is 48.7 Å². The van der Waals surface area contributed by atoms with E-state index in [1.165, 1.54) is 17.2 Å². The van der Waals surface area contributed by atoms with Crippen molar-refractivity contribution in [1.29, 1.82) is 0 Å². The first-order valence-electron chi connectivity index (χ1n) is 12.4. The van der Waals surface area contributed by atoms with Crippen LogP contribution in [0.5, 0.6) is 11.5 Å². The van der Waals surface area contributed by atoms with E-state index < -0.39 is 17.8 Å². The molecule has 8 heteroatoms. The molecule has 38 heavy (non-hydrogen) atoms. The third-order valence-electron chi connectivity index (χ3n) is 5.91. The summed E-state index contributed by atoms with van der Waals surface area (Å²) in [4.78, 5) is 39.3. The fourth-order valence-electron chi connectivity index (χ4n) is 4.12. The van der Waals surface area contributed by atoms with Crippen LogP contribution < -0.4 is 19.7 Å². The van der Waals surface area contributed by atoms with Gasteiger partial charge in [-0.3, -0.25) is 14.9 Å². The number of ether oxygens (including phenoxy) is 2. The van der Waals surface area contributed by atoms with E-state index in [2.05, 4.69) is 46.4 Å². The van der Waals surface area contributed by atoms with Gasteiger partial charge >= 0.3 is 6.03 Å². The second-order valence-electron chi connectivity index (χ2n) is 9.13. The monoisotopic (exact) mass is 576 g/mol. The predicted octanol–water partition coefficient (Wildman–Crippen LogP) is 6.49. The second kappa shape index (κ2) is 12.1. The molecule has 0 unspecified atom stereocenters. The molecule has 196 valence electrons. The lowest BCUT2D eigenvalue weighted by molar-refractivity contribution is -0.122. The highest BCUT2D eigenvalue weighted by Gasteiger charge is 2.36. The van der Waals surface area contributed by atoms with Gasteiger partial charge in [0.25, 0.3) is 11.8 Å². The van der Waals surface area contributed by atoms with E-state index >= 15 is 0 Å². The molecule has 0 spiro atoms. The lowest BCUT2D eigenvalue weighted by Gasteiger charge is -2.26. The maximum absolute atomic E-state index is 13.2. The predicted molar refractivity (Wildman–Crippen MR) is 150 cm³/mol. The van der Waals surface area contributed by atoms with Crippen LogP contribution >= 0.6 is 15.9 Å². The number of anilines is 1. The molecule has 0 aliphatic carbocycles. The topological polar surface area (TPSA) is 84.9 Å². The number of unbranched alkanes of at least 4 members (excludes halogenated alkanes) is 1. The Bertz CT molecular complexity index is 1380. The standard InChI is InChI=1S/C30H29BrN2O5/c1-4-5-12-37-24-9-7-23(8-10-24)33-29(35)25(28(34)32-30(33)36)16-21-6-11-27(26(31)17-21)38-18-22-14-19(2)13-20(3)15-22/h6-11,13-17H,4-5,12,18H2,1-3H3,(H,32,34,36)/b25-16-. The van der Waals surface area contributed by atoms with Gasteiger partial charge < -0.3 is 9.47 Å². The van der Waals surface area contributed by atoms with Crippen molar-refractivity contribution in [1.82, 2.24) is 5.32 Å². The quantitative estimate of drug-likeness (QED) is 0.179. The Hall–Kier alpha value is -3.91. The van der Waals surface area contributed by atoms with Crippen LogP contribution in [0.15, 0.2) is 70.7 Å². The third-order valence-corrected chi connectivity index (χ3v) is 6.53. The van der Waals surface area contributed by atoms with Crippen LogP contribution in [0.3, 0.4) is 0 Å². The Morgan fingerprint density at radius 2 is 1.63 bits per heavy atom. The number of aryl methyl sites for hydroxylation is 2. The highest BCUT2D eigenvalue weighted by molar-refractivity contribution is 9.10. The highest BCUT2D eigenvalue weighted by atomic mass is 79.9. The number of nitrogens with one attached hydrogen (secondary N) is 1. The lowest BCUT2D eigenvalue weighted by atomic mass is 10.1. The number of urea groups is 1. The third kappa shape index (κ3) is 6.50. The number of hydrogen-bond donors (Lipinski definition) is 1. The number of halogens is 1. The van der Waals surface area contributed by atoms with E-state index in [9.17, 15) is 14.4 Å². The van der Waals surface area contributed by atoms with Gasteiger partial charge in [0, 0.05) is 0 Å². The summed E-state index contributed by atoms with van der Waals surface area (Å²) in [5.41, 5.74) is 4.19. The van der Waals surface area contributed by atoms with Gasteiger partial charge in [-0.05, 0) is 89.8 Å². The molecule has 1 aliphatic rings. The molecular formula is C30H29BrN2O5. The number of benzene rings is 3. The fourth-order valence-corrected chi connectivity index (χ4v) is 4.63. The zero-order chi connectivity index (χ0) is 27.2. The minimum Gasteiger partial charge on any atom is -0.494 e. The number of hydrogen-bond acceptors (Lipinski definition) is 5. The average Bonchev–Trinajstić information content (AvgIpc) is 2.86. The van der Waals surface area contributed by atoms with Crippen LogP contribution in [0.4, 0.5) is 10.5 Å². The van der Waals surface area contributed by atoms with Gasteiger partial charge in [0.15, 0.2) is 0 Å². The Morgan fingerprint density at radius 1 is 0.921 bits per heavy atom. The van der Waals surface area contributed by atoms with E-state index in [4.69, 9.17) is 9.47 Å². The molecule has 1 aliphatic heterocycles. The van der Waals surface area contributed by atoms with Crippen molar-refractivity contribution in [3.05, 3.63) is 93.0 Å². The molecule has 1 saturated heterocycles. The van der Waals surface area contributed by atoms with Gasteiger partial charge in [-0.15, -0.1) is 0 Å². The minimum absolute atomic E-state index is 0.149. The Labute approximate surface area is 230 Å². The van der Waals surface area contributed by atoms with Crippen LogP contribution in [-0.4, -0.2) is 24.5 Å². The number of amides is 4. The summed E-state index contributed by atoms with van der Waals surface area (Å²) in [6, 6.07) is 17.4. The Kier molecular flexibility index (Phi) is 8.63. The summed E-state index contributed by atoms with van der Waals surface area (Å²) < 4.78 is 12.3. The maximum Gasteiger partial charge on any atom is 0.335 e. The number of nitrogens with zero attached hydrogens (tertiary/aromatic N) is 1. The van der Waals surface area contributed by atoms with E-state index in [-0.39, 0.29) is 5.57 Å². The normalized spacial score (nSPS) is 14.6. The number of barbiturate groups is 1. The summed E-state index contributed by atoms with van der Waals surface area (Å²) in [6.07, 6.45) is 3.40. The van der Waals surface area contributed by atoms with Crippen molar-refractivity contribution in [3.63, 3.8) is 0 Å². The van der Waals surface area contributed by atoms with Gasteiger partial charge in [0.1, 0.15) is 23.7 Å². The summed E-state index contributed by atoms with van der Waals surface area (Å²) >= 11 is 3.52. The number of carbonyl (C=O) groups excluding carboxylic acids is 3. The number of carbonyl (C=O) groups is 3. The van der Waals surface area contributed by atoms with E-state index in [1.54, 1.807) is 42.5 Å². The van der Waals surface area contributed by atoms with Gasteiger partial charge in [-0.2, -0.15) is 0 Å². The number of imide groups is 2. The lowest BCUT2D eigenvalue weighted by Crippen LogP contribution is -2.54. The molecule has 1 fully saturated rings. The van der Waals surface area contributed by atoms with Crippen molar-refractivity contribution >= 4 is 45.5 Å². The van der Waals surface area contributed by atoms with Crippen molar-refractivity contribution in [3.8, 4) is 11.5 Å². The second-order valence-corrected chi connectivity index (χ2v) is 9.98. The summed E-state index contributed by atoms with van der Waals surface area (Å²) in [6.45, 7) is 7.16. The average molecular weight is 577 g/mol. The van der Waals surface area contributed by atoms with E-state index in [1.807, 2.05) is 13.8 Å². The van der Waals surface area contributed by atoms with Crippen molar-refractivity contribution < 1.29 is 23.9 Å². The summed E-state index contributed by atoms with van der Waals surface area (Å²) in [5.74, 6) is -0.181. The first-order chi connectivity index (χ1) is 18.2. The van der Waals surface area contributed by atoms with Crippen LogP contribution in [0.1, 0.15) is 42.0 Å². The van der Waals surface area contributed by atoms with Crippen molar-refractivity contribution in [2.24, 2.45) is 0 Å². The first kappa shape index (κ1) is 27.1. The SMILES string of the molecule is CCCCOc1ccc(N2C(=O)NC(=O)/C(=C/c3ccc(OCc4cc(C)cc(C)c4)c(Br)c3)C2=O)cc1. The molecular weight excluding hydrogens is 548 g/mol. The molecule has 0 bridgehead atoms. The molecule has 0 saturated carbocycles. The van der Waals surface area contributed by atoms with Gasteiger partial charge in [-0.25, -0.2) is 9.69 Å². The minimum atomic E-state index is -0.798. The van der Waals surface area contributed by atoms with Gasteiger partial charge in [0.05, 0.1) is 16.8 Å². The van der Waals surface area contributed by atoms with Gasteiger partial charge in [0.2, 0.25) is 0 Å². The van der Waals surface area contributed by atoms with Crippen LogP contribution in [0.25, 0.3) is 6.08 Å². The molecule has 3 aromatic rings. The molecule has 0 atom stereocenters. The summed E-state index contributed by atoms with van der Waals surface area (Å²) in [7, 11) is 0. The molecule has 4 rings (SSSR count). The Morgan fingerprint density at radius 3 is 2.29 bits per heavy atom. The molecule has 7 nitrogen and oxygen atoms in total. The van der Waals surface area contributed by atoms with Crippen LogP contribution in [0, 0.1) is 13.8 Å². The fraction of sp³-hybridized carbons (Fsp3) is 0.233. The molecule has 3 aromatic carbocycles. The summed E-state index contributed by atoms with van der Waals surface area (Å²) in [5, 5.41) is 2.25. The van der Waals surface area contributed by atoms with Crippen molar-refractivity contribution in [2.75, 3.05) is 11.5 Å². The van der Waals surface area contributed by atoms with E-state index in [0.29, 0.717) is 40.4 Å². The molecule has 1 N–H and O–H groups in total. The smallest absolute Gasteiger partial charge is 0.335 e. The van der Waals surface area contributed by atoms with Crippen LogP contribution in [-0.2, 0) is 16.2 Å². The highest BCUT2D eigenvalue weighted by Crippen LogP contribution is 2.29. The molecule has 0 radical (unpaired) electrons. The molecule has 1 heterocycles. The Balaban J connectivity index is 1.50. The molecule has 0 aromatic heterocycles. The van der Waals surface area contributed by atoms with Crippen LogP contribution in [0.2, 0.25) is 0 Å². The zero-order valence-electron chi connectivity index (χ0n) is 21.5. The maximum atomic E-state index is 13.2. The van der Waals surface area contributed by atoms with Crippen molar-refractivity contribution in [2.45, 2.75) is 40.2 Å². The largest absolute Gasteiger partial charge is 0.494 e. The molecule has 4 amide bonds. The zero-order valence-corrected chi connectivity index (χ0v) is 23.1. The van der Waals surface area contributed by atoms with E-state index in [0.717, 1.165) is 23.3 Å². The first-order valence-corrected chi connectivity index (χ1v) is 13.2. The number of rotatable bonds is 9.